The van der Waals surface area contributed by atoms with Crippen molar-refractivity contribution in [3.05, 3.63) is 54.1 Å². The number of rotatable bonds is 2. The summed E-state index contributed by atoms with van der Waals surface area (Å²) in [7, 11) is 0. The number of nitrogens with zero attached hydrogens (tertiary/aromatic N) is 3. The third-order valence-electron chi connectivity index (χ3n) is 4.38. The fourth-order valence-electron chi connectivity index (χ4n) is 3.27. The second-order valence-corrected chi connectivity index (χ2v) is 5.78. The number of hydrogen-bond donors (Lipinski definition) is 1. The van der Waals surface area contributed by atoms with Gasteiger partial charge in [0.2, 0.25) is 0 Å². The minimum atomic E-state index is 0.226. The highest BCUT2D eigenvalue weighted by molar-refractivity contribution is 5.94. The van der Waals surface area contributed by atoms with E-state index in [2.05, 4.69) is 15.5 Å². The second-order valence-electron chi connectivity index (χ2n) is 5.78. The number of para-hydroxylation sites is 1. The Morgan fingerprint density at radius 1 is 1.00 bits per heavy atom. The lowest BCUT2D eigenvalue weighted by atomic mass is 10.2. The summed E-state index contributed by atoms with van der Waals surface area (Å²) in [5.41, 5.74) is 2.59. The van der Waals surface area contributed by atoms with Crippen molar-refractivity contribution >= 4 is 16.7 Å². The predicted molar refractivity (Wildman–Crippen MR) is 92.7 cm³/mol. The molecule has 0 saturated carbocycles. The number of aromatic nitrogens is 1. The SMILES string of the molecule is N#Cc1c(N2CCOCC2)n(-c2ccc(O)cc2)c2ccccc12. The third-order valence-corrected chi connectivity index (χ3v) is 4.38. The molecule has 1 aliphatic heterocycles. The van der Waals surface area contributed by atoms with Gasteiger partial charge in [0.15, 0.2) is 0 Å². The molecule has 0 unspecified atom stereocenters. The van der Waals surface area contributed by atoms with E-state index >= 15 is 0 Å². The van der Waals surface area contributed by atoms with E-state index in [4.69, 9.17) is 4.74 Å². The number of benzene rings is 2. The van der Waals surface area contributed by atoms with Crippen LogP contribution in [-0.2, 0) is 4.74 Å². The molecule has 24 heavy (non-hydrogen) atoms. The fourth-order valence-corrected chi connectivity index (χ4v) is 3.27. The lowest BCUT2D eigenvalue weighted by Crippen LogP contribution is -2.37. The van der Waals surface area contributed by atoms with Crippen LogP contribution in [0, 0.1) is 11.3 Å². The van der Waals surface area contributed by atoms with Crippen molar-refractivity contribution in [2.24, 2.45) is 0 Å². The molecule has 0 aliphatic carbocycles. The van der Waals surface area contributed by atoms with Crippen LogP contribution >= 0.6 is 0 Å². The molecule has 0 atom stereocenters. The van der Waals surface area contributed by atoms with Crippen LogP contribution in [0.15, 0.2) is 48.5 Å². The minimum absolute atomic E-state index is 0.226. The summed E-state index contributed by atoms with van der Waals surface area (Å²) in [5.74, 6) is 1.12. The Hall–Kier alpha value is -2.97. The number of phenols is 1. The monoisotopic (exact) mass is 319 g/mol. The summed E-state index contributed by atoms with van der Waals surface area (Å²) in [5, 5.41) is 20.3. The number of aromatic hydroxyl groups is 1. The van der Waals surface area contributed by atoms with Gasteiger partial charge < -0.3 is 14.7 Å². The van der Waals surface area contributed by atoms with E-state index in [-0.39, 0.29) is 5.75 Å². The highest BCUT2D eigenvalue weighted by atomic mass is 16.5. The first-order chi connectivity index (χ1) is 11.8. The van der Waals surface area contributed by atoms with Gasteiger partial charge in [0.1, 0.15) is 23.2 Å². The summed E-state index contributed by atoms with van der Waals surface area (Å²) >= 11 is 0. The molecule has 1 aromatic heterocycles. The number of hydrogen-bond acceptors (Lipinski definition) is 4. The van der Waals surface area contributed by atoms with Gasteiger partial charge in [0.25, 0.3) is 0 Å². The van der Waals surface area contributed by atoms with Gasteiger partial charge in [0, 0.05) is 24.2 Å². The van der Waals surface area contributed by atoms with Crippen molar-refractivity contribution in [3.8, 4) is 17.5 Å². The number of morpholine rings is 1. The van der Waals surface area contributed by atoms with Crippen LogP contribution in [0.4, 0.5) is 5.82 Å². The molecule has 3 aromatic rings. The van der Waals surface area contributed by atoms with Gasteiger partial charge in [0.05, 0.1) is 18.7 Å². The highest BCUT2D eigenvalue weighted by Crippen LogP contribution is 2.36. The molecule has 0 amide bonds. The number of ether oxygens (including phenoxy) is 1. The lowest BCUT2D eigenvalue weighted by molar-refractivity contribution is 0.122. The summed E-state index contributed by atoms with van der Waals surface area (Å²) in [6.07, 6.45) is 0. The smallest absolute Gasteiger partial charge is 0.132 e. The lowest BCUT2D eigenvalue weighted by Gasteiger charge is -2.30. The Balaban J connectivity index is 2.02. The van der Waals surface area contributed by atoms with Gasteiger partial charge in [-0.15, -0.1) is 0 Å². The average molecular weight is 319 g/mol. The second kappa shape index (κ2) is 5.91. The molecule has 1 saturated heterocycles. The van der Waals surface area contributed by atoms with E-state index in [9.17, 15) is 10.4 Å². The summed E-state index contributed by atoms with van der Waals surface area (Å²) in [6.45, 7) is 2.82. The first-order valence-electron chi connectivity index (χ1n) is 7.95. The Kier molecular flexibility index (Phi) is 3.60. The molecule has 0 radical (unpaired) electrons. The standard InChI is InChI=1S/C19H17N3O2/c20-13-17-16-3-1-2-4-18(16)22(14-5-7-15(23)8-6-14)19(17)21-9-11-24-12-10-21/h1-8,23H,9-12H2. The maximum absolute atomic E-state index is 9.79. The van der Waals surface area contributed by atoms with Crippen molar-refractivity contribution in [3.63, 3.8) is 0 Å². The fraction of sp³-hybridized carbons (Fsp3) is 0.211. The summed E-state index contributed by atoms with van der Waals surface area (Å²) in [6, 6.07) is 17.4. The normalized spacial score (nSPS) is 14.7. The molecule has 1 fully saturated rings. The zero-order valence-corrected chi connectivity index (χ0v) is 13.1. The Labute approximate surface area is 139 Å². The Morgan fingerprint density at radius 3 is 2.42 bits per heavy atom. The van der Waals surface area contributed by atoms with Crippen LogP contribution in [-0.4, -0.2) is 36.0 Å². The Bertz CT molecular complexity index is 916. The molecule has 0 bridgehead atoms. The molecule has 1 aliphatic rings. The van der Waals surface area contributed by atoms with Crippen LogP contribution in [0.2, 0.25) is 0 Å². The maximum Gasteiger partial charge on any atom is 0.132 e. The quantitative estimate of drug-likeness (QED) is 0.788. The van der Waals surface area contributed by atoms with Crippen molar-refractivity contribution in [1.29, 1.82) is 5.26 Å². The first-order valence-corrected chi connectivity index (χ1v) is 7.95. The molecule has 5 heteroatoms. The molecule has 2 heterocycles. The summed E-state index contributed by atoms with van der Waals surface area (Å²) < 4.78 is 7.56. The van der Waals surface area contributed by atoms with Gasteiger partial charge in [-0.3, -0.25) is 4.57 Å². The minimum Gasteiger partial charge on any atom is -0.508 e. The largest absolute Gasteiger partial charge is 0.508 e. The van der Waals surface area contributed by atoms with Crippen molar-refractivity contribution in [2.45, 2.75) is 0 Å². The molecule has 120 valence electrons. The van der Waals surface area contributed by atoms with Gasteiger partial charge in [-0.25, -0.2) is 0 Å². The molecule has 0 spiro atoms. The number of phenolic OH excluding ortho intramolecular Hbond substituents is 1. The van der Waals surface area contributed by atoms with E-state index in [0.717, 1.165) is 35.5 Å². The molecule has 2 aromatic carbocycles. The number of fused-ring (bicyclic) bond motifs is 1. The van der Waals surface area contributed by atoms with Crippen LogP contribution in [0.3, 0.4) is 0 Å². The van der Waals surface area contributed by atoms with E-state index in [0.29, 0.717) is 18.8 Å². The Morgan fingerprint density at radius 2 is 1.71 bits per heavy atom. The zero-order valence-electron chi connectivity index (χ0n) is 13.1. The van der Waals surface area contributed by atoms with E-state index in [1.54, 1.807) is 12.1 Å². The van der Waals surface area contributed by atoms with Gasteiger partial charge in [-0.2, -0.15) is 5.26 Å². The topological polar surface area (TPSA) is 61.4 Å². The van der Waals surface area contributed by atoms with Gasteiger partial charge in [-0.05, 0) is 30.3 Å². The number of nitriles is 1. The van der Waals surface area contributed by atoms with Crippen molar-refractivity contribution < 1.29 is 9.84 Å². The van der Waals surface area contributed by atoms with Crippen molar-refractivity contribution in [2.75, 3.05) is 31.2 Å². The van der Waals surface area contributed by atoms with Crippen LogP contribution in [0.5, 0.6) is 5.75 Å². The van der Waals surface area contributed by atoms with Gasteiger partial charge >= 0.3 is 0 Å². The molecule has 5 nitrogen and oxygen atoms in total. The van der Waals surface area contributed by atoms with Crippen LogP contribution in [0.1, 0.15) is 5.56 Å². The van der Waals surface area contributed by atoms with Crippen LogP contribution in [0.25, 0.3) is 16.6 Å². The van der Waals surface area contributed by atoms with E-state index in [1.165, 1.54) is 0 Å². The zero-order chi connectivity index (χ0) is 16.5. The third kappa shape index (κ3) is 2.29. The van der Waals surface area contributed by atoms with Crippen molar-refractivity contribution in [1.82, 2.24) is 4.57 Å². The molecular weight excluding hydrogens is 302 g/mol. The molecule has 1 N–H and O–H groups in total. The maximum atomic E-state index is 9.79. The number of anilines is 1. The molecule has 4 rings (SSSR count). The van der Waals surface area contributed by atoms with E-state index < -0.39 is 0 Å². The summed E-state index contributed by atoms with van der Waals surface area (Å²) in [4.78, 5) is 2.20. The van der Waals surface area contributed by atoms with Crippen LogP contribution < -0.4 is 4.90 Å². The first kappa shape index (κ1) is 14.6. The highest BCUT2D eigenvalue weighted by Gasteiger charge is 2.24. The van der Waals surface area contributed by atoms with E-state index in [1.807, 2.05) is 36.4 Å². The van der Waals surface area contributed by atoms with Gasteiger partial charge in [-0.1, -0.05) is 18.2 Å². The predicted octanol–water partition coefficient (Wildman–Crippen LogP) is 3.04. The molecular formula is C19H17N3O2. The average Bonchev–Trinajstić information content (AvgIpc) is 2.97.